The van der Waals surface area contributed by atoms with Crippen LogP contribution in [-0.4, -0.2) is 6.54 Å². The molecule has 88 valence electrons. The lowest BCUT2D eigenvalue weighted by Gasteiger charge is -2.12. The van der Waals surface area contributed by atoms with Gasteiger partial charge in [-0.05, 0) is 24.6 Å². The van der Waals surface area contributed by atoms with Gasteiger partial charge in [-0.3, -0.25) is 0 Å². The van der Waals surface area contributed by atoms with Gasteiger partial charge in [0.1, 0.15) is 0 Å². The number of halogens is 4. The molecule has 5 heteroatoms. The Balaban J connectivity index is 2.95. The van der Waals surface area contributed by atoms with E-state index in [0.29, 0.717) is 10.7 Å². The number of hydrogen-bond donors (Lipinski definition) is 1. The Kier molecular flexibility index (Phi) is 3.86. The molecule has 0 radical (unpaired) electrons. The van der Waals surface area contributed by atoms with Crippen molar-refractivity contribution in [2.75, 3.05) is 11.9 Å². The lowest BCUT2D eigenvalue weighted by atomic mass is 10.1. The molecule has 1 aromatic rings. The molecular weight excluding hydrogens is 239 g/mol. The van der Waals surface area contributed by atoms with E-state index >= 15 is 0 Å². The molecule has 0 aliphatic carbocycles. The van der Waals surface area contributed by atoms with E-state index < -0.39 is 11.7 Å². The van der Waals surface area contributed by atoms with Gasteiger partial charge in [0.25, 0.3) is 0 Å². The van der Waals surface area contributed by atoms with Gasteiger partial charge in [0.15, 0.2) is 0 Å². The second kappa shape index (κ2) is 4.78. The Hall–Kier alpha value is -1.16. The van der Waals surface area contributed by atoms with E-state index in [4.69, 9.17) is 11.6 Å². The first kappa shape index (κ1) is 12.9. The van der Waals surface area contributed by atoms with E-state index in [2.05, 4.69) is 11.9 Å². The quantitative estimate of drug-likeness (QED) is 0.847. The molecule has 1 N–H and O–H groups in total. The summed E-state index contributed by atoms with van der Waals surface area (Å²) in [6.07, 6.45) is -4.33. The number of alkyl halides is 3. The first-order valence-corrected chi connectivity index (χ1v) is 4.93. The van der Waals surface area contributed by atoms with E-state index in [-0.39, 0.29) is 6.54 Å². The van der Waals surface area contributed by atoms with Crippen LogP contribution in [0.4, 0.5) is 18.9 Å². The smallest absolute Gasteiger partial charge is 0.380 e. The zero-order valence-corrected chi connectivity index (χ0v) is 9.41. The first-order valence-electron chi connectivity index (χ1n) is 4.55. The summed E-state index contributed by atoms with van der Waals surface area (Å²) in [6, 6.07) is 3.54. The van der Waals surface area contributed by atoms with E-state index in [1.165, 1.54) is 6.07 Å². The van der Waals surface area contributed by atoms with Crippen LogP contribution in [0.2, 0.25) is 0 Å². The van der Waals surface area contributed by atoms with Gasteiger partial charge in [-0.25, -0.2) is 0 Å². The highest BCUT2D eigenvalue weighted by Gasteiger charge is 2.30. The highest BCUT2D eigenvalue weighted by Crippen LogP contribution is 2.32. The number of aryl methyl sites for hydroxylation is 1. The fourth-order valence-corrected chi connectivity index (χ4v) is 1.25. The van der Waals surface area contributed by atoms with Crippen molar-refractivity contribution in [3.05, 3.63) is 40.9 Å². The molecule has 1 aromatic carbocycles. The molecule has 0 aliphatic rings. The second-order valence-corrected chi connectivity index (χ2v) is 3.93. The average Bonchev–Trinajstić information content (AvgIpc) is 2.14. The molecule has 1 rings (SSSR count). The van der Waals surface area contributed by atoms with Crippen LogP contribution in [0.1, 0.15) is 11.1 Å². The molecule has 0 bridgehead atoms. The van der Waals surface area contributed by atoms with Gasteiger partial charge >= 0.3 is 6.18 Å². The molecule has 0 saturated heterocycles. The molecule has 0 aliphatic heterocycles. The van der Waals surface area contributed by atoms with Crippen molar-refractivity contribution < 1.29 is 13.2 Å². The third-order valence-electron chi connectivity index (χ3n) is 2.04. The van der Waals surface area contributed by atoms with Gasteiger partial charge in [-0.15, -0.1) is 0 Å². The molecule has 1 nitrogen and oxygen atoms in total. The van der Waals surface area contributed by atoms with Crippen molar-refractivity contribution in [3.63, 3.8) is 0 Å². The molecule has 0 saturated carbocycles. The zero-order valence-electron chi connectivity index (χ0n) is 8.66. The largest absolute Gasteiger partial charge is 0.416 e. The summed E-state index contributed by atoms with van der Waals surface area (Å²) in [5.41, 5.74) is 0.461. The normalized spacial score (nSPS) is 11.3. The third kappa shape index (κ3) is 3.45. The van der Waals surface area contributed by atoms with Gasteiger partial charge in [-0.2, -0.15) is 13.2 Å². The van der Waals surface area contributed by atoms with Crippen LogP contribution >= 0.6 is 11.6 Å². The van der Waals surface area contributed by atoms with Crippen LogP contribution in [0.15, 0.2) is 29.8 Å². The van der Waals surface area contributed by atoms with Gasteiger partial charge in [-0.1, -0.05) is 24.2 Å². The molecule has 0 heterocycles. The van der Waals surface area contributed by atoms with Crippen molar-refractivity contribution in [1.82, 2.24) is 0 Å². The van der Waals surface area contributed by atoms with E-state index in [0.717, 1.165) is 17.7 Å². The predicted molar refractivity (Wildman–Crippen MR) is 59.7 cm³/mol. The number of hydrogen-bond acceptors (Lipinski definition) is 1. The lowest BCUT2D eigenvalue weighted by molar-refractivity contribution is -0.137. The minimum absolute atomic E-state index is 0.240. The summed E-state index contributed by atoms with van der Waals surface area (Å²) in [4.78, 5) is 0. The van der Waals surface area contributed by atoms with Crippen molar-refractivity contribution in [1.29, 1.82) is 0 Å². The van der Waals surface area contributed by atoms with Gasteiger partial charge in [0, 0.05) is 10.7 Å². The molecule has 0 unspecified atom stereocenters. The van der Waals surface area contributed by atoms with Crippen LogP contribution in [0.25, 0.3) is 0 Å². The Bertz CT molecular complexity index is 399. The summed E-state index contributed by atoms with van der Waals surface area (Å²) in [5.74, 6) is 0. The van der Waals surface area contributed by atoms with Crippen LogP contribution in [0.3, 0.4) is 0 Å². The highest BCUT2D eigenvalue weighted by atomic mass is 35.5. The maximum atomic E-state index is 12.4. The summed E-state index contributed by atoms with van der Waals surface area (Å²) >= 11 is 5.53. The molecule has 0 fully saturated rings. The maximum absolute atomic E-state index is 12.4. The highest BCUT2D eigenvalue weighted by molar-refractivity contribution is 6.29. The molecule has 0 aromatic heterocycles. The summed E-state index contributed by atoms with van der Waals surface area (Å²) in [7, 11) is 0. The van der Waals surface area contributed by atoms with Crippen molar-refractivity contribution in [2.24, 2.45) is 0 Å². The molecule has 16 heavy (non-hydrogen) atoms. The van der Waals surface area contributed by atoms with E-state index in [9.17, 15) is 13.2 Å². The van der Waals surface area contributed by atoms with Crippen LogP contribution in [-0.2, 0) is 6.18 Å². The Morgan fingerprint density at radius 1 is 1.44 bits per heavy atom. The molecule has 0 atom stereocenters. The van der Waals surface area contributed by atoms with Crippen molar-refractivity contribution in [3.8, 4) is 0 Å². The fourth-order valence-electron chi connectivity index (χ4n) is 1.18. The van der Waals surface area contributed by atoms with Crippen molar-refractivity contribution >= 4 is 17.3 Å². The average molecular weight is 250 g/mol. The first-order chi connectivity index (χ1) is 7.30. The molecule has 0 amide bonds. The van der Waals surface area contributed by atoms with Crippen LogP contribution in [0, 0.1) is 6.92 Å². The molecule has 0 spiro atoms. The monoisotopic (exact) mass is 249 g/mol. The maximum Gasteiger partial charge on any atom is 0.416 e. The standard InChI is InChI=1S/C11H11ClF3N/c1-7-3-4-9(11(13,14)15)5-10(7)16-6-8(2)12/h3-5,16H,2,6H2,1H3. The third-order valence-corrected chi connectivity index (χ3v) is 2.17. The summed E-state index contributed by atoms with van der Waals surface area (Å²) in [6.45, 7) is 5.41. The second-order valence-electron chi connectivity index (χ2n) is 3.40. The molecular formula is C11H11ClF3N. The van der Waals surface area contributed by atoms with E-state index in [1.807, 2.05) is 0 Å². The Morgan fingerprint density at radius 2 is 2.06 bits per heavy atom. The fraction of sp³-hybridized carbons (Fsp3) is 0.273. The number of anilines is 1. The van der Waals surface area contributed by atoms with Crippen LogP contribution < -0.4 is 5.32 Å². The summed E-state index contributed by atoms with van der Waals surface area (Å²) < 4.78 is 37.3. The number of nitrogens with one attached hydrogen (secondary N) is 1. The SMILES string of the molecule is C=C(Cl)CNc1cc(C(F)(F)F)ccc1C. The van der Waals surface area contributed by atoms with E-state index in [1.54, 1.807) is 6.92 Å². The van der Waals surface area contributed by atoms with Gasteiger partial charge < -0.3 is 5.32 Å². The predicted octanol–water partition coefficient (Wildman–Crippen LogP) is 4.18. The number of rotatable bonds is 3. The topological polar surface area (TPSA) is 12.0 Å². The zero-order chi connectivity index (χ0) is 12.3. The van der Waals surface area contributed by atoms with Crippen LogP contribution in [0.5, 0.6) is 0 Å². The Labute approximate surface area is 96.9 Å². The number of benzene rings is 1. The minimum atomic E-state index is -4.33. The Morgan fingerprint density at radius 3 is 2.56 bits per heavy atom. The summed E-state index contributed by atoms with van der Waals surface area (Å²) in [5, 5.41) is 3.14. The van der Waals surface area contributed by atoms with Gasteiger partial charge in [0.2, 0.25) is 0 Å². The van der Waals surface area contributed by atoms with Gasteiger partial charge in [0.05, 0.1) is 12.1 Å². The minimum Gasteiger partial charge on any atom is -0.380 e. The lowest BCUT2D eigenvalue weighted by Crippen LogP contribution is -2.08. The van der Waals surface area contributed by atoms with Crippen molar-refractivity contribution in [2.45, 2.75) is 13.1 Å².